The van der Waals surface area contributed by atoms with Crippen LogP contribution in [0.5, 0.6) is 0 Å². The molecule has 178 valence electrons. The van der Waals surface area contributed by atoms with Crippen molar-refractivity contribution >= 4 is 29.5 Å². The van der Waals surface area contributed by atoms with Crippen molar-refractivity contribution in [2.45, 2.75) is 52.4 Å². The van der Waals surface area contributed by atoms with Gasteiger partial charge in [-0.3, -0.25) is 0 Å². The molecule has 0 saturated heterocycles. The van der Waals surface area contributed by atoms with Crippen LogP contribution in [0.2, 0.25) is 0 Å². The summed E-state index contributed by atoms with van der Waals surface area (Å²) in [6, 6.07) is 17.5. The Labute approximate surface area is 209 Å². The molecule has 0 amide bonds. The Kier molecular flexibility index (Phi) is 7.13. The van der Waals surface area contributed by atoms with E-state index in [0.29, 0.717) is 17.8 Å². The lowest BCUT2D eigenvalue weighted by atomic mass is 9.82. The van der Waals surface area contributed by atoms with Gasteiger partial charge in [-0.25, -0.2) is 0 Å². The lowest BCUT2D eigenvalue weighted by molar-refractivity contribution is 0.547. The lowest BCUT2D eigenvalue weighted by Gasteiger charge is -2.23. The summed E-state index contributed by atoms with van der Waals surface area (Å²) in [5.41, 5.74) is 5.98. The normalized spacial score (nSPS) is 21.1. The first-order valence-electron chi connectivity index (χ1n) is 13.3. The fourth-order valence-corrected chi connectivity index (χ4v) is 5.94. The van der Waals surface area contributed by atoms with E-state index in [0.717, 1.165) is 38.5 Å². The van der Waals surface area contributed by atoms with Gasteiger partial charge in [-0.2, -0.15) is 0 Å². The number of hydrogen-bond acceptors (Lipinski definition) is 1. The summed E-state index contributed by atoms with van der Waals surface area (Å²) < 4.78 is 0. The van der Waals surface area contributed by atoms with E-state index < -0.39 is 0 Å². The lowest BCUT2D eigenvalue weighted by Crippen LogP contribution is -2.32. The van der Waals surface area contributed by atoms with Crippen LogP contribution in [0, 0.1) is 23.2 Å². The first-order valence-corrected chi connectivity index (χ1v) is 13.3. The third kappa shape index (κ3) is 5.10. The molecule has 3 aliphatic rings. The quantitative estimate of drug-likeness (QED) is 0.413. The highest BCUT2D eigenvalue weighted by Gasteiger charge is 2.18. The average molecular weight is 460 g/mol. The summed E-state index contributed by atoms with van der Waals surface area (Å²) >= 11 is 0. The van der Waals surface area contributed by atoms with Crippen molar-refractivity contribution in [2.24, 2.45) is 17.8 Å². The molecular weight excluding hydrogens is 422 g/mol. The van der Waals surface area contributed by atoms with Crippen molar-refractivity contribution in [2.75, 3.05) is 0 Å². The van der Waals surface area contributed by atoms with Gasteiger partial charge in [-0.1, -0.05) is 110 Å². The number of hydrogen-bond donors (Lipinski definition) is 1. The second-order valence-corrected chi connectivity index (χ2v) is 10.4. The smallest absolute Gasteiger partial charge is 0.00395 e. The second-order valence-electron chi connectivity index (χ2n) is 10.4. The zero-order valence-corrected chi connectivity index (χ0v) is 21.1. The molecule has 3 aliphatic carbocycles. The van der Waals surface area contributed by atoms with Crippen molar-refractivity contribution in [3.05, 3.63) is 105 Å². The predicted molar refractivity (Wildman–Crippen MR) is 151 cm³/mol. The fraction of sp³-hybridized carbons (Fsp3) is 0.324. The number of allylic oxidation sites excluding steroid dienone is 6. The predicted octanol–water partition coefficient (Wildman–Crippen LogP) is 5.58. The Morgan fingerprint density at radius 3 is 2.40 bits per heavy atom. The van der Waals surface area contributed by atoms with Crippen LogP contribution in [-0.4, -0.2) is 6.21 Å². The van der Waals surface area contributed by atoms with E-state index >= 15 is 0 Å². The van der Waals surface area contributed by atoms with Crippen molar-refractivity contribution in [3.63, 3.8) is 0 Å². The molecular formula is C34H37N. The van der Waals surface area contributed by atoms with E-state index in [9.17, 15) is 0 Å². The third-order valence-corrected chi connectivity index (χ3v) is 8.19. The molecule has 1 nitrogen and oxygen atoms in total. The van der Waals surface area contributed by atoms with Crippen LogP contribution in [0.3, 0.4) is 0 Å². The molecule has 1 heteroatoms. The molecule has 1 N–H and O–H groups in total. The van der Waals surface area contributed by atoms with Crippen LogP contribution in [-0.2, 0) is 0 Å². The zero-order chi connectivity index (χ0) is 24.2. The van der Waals surface area contributed by atoms with Crippen LogP contribution in [0.25, 0.3) is 23.3 Å². The van der Waals surface area contributed by atoms with Crippen LogP contribution >= 0.6 is 0 Å². The first kappa shape index (κ1) is 23.5. The monoisotopic (exact) mass is 459 g/mol. The highest BCUT2D eigenvalue weighted by atomic mass is 14.3. The molecule has 35 heavy (non-hydrogen) atoms. The molecule has 0 aliphatic heterocycles. The second kappa shape index (κ2) is 10.6. The number of benzene rings is 2. The van der Waals surface area contributed by atoms with Gasteiger partial charge in [0.05, 0.1) is 0 Å². The van der Waals surface area contributed by atoms with Crippen molar-refractivity contribution in [3.8, 4) is 0 Å². The largest absolute Gasteiger partial charge is 0.313 e. The molecule has 2 aromatic rings. The molecule has 3 unspecified atom stereocenters. The van der Waals surface area contributed by atoms with Gasteiger partial charge in [0.15, 0.2) is 0 Å². The summed E-state index contributed by atoms with van der Waals surface area (Å²) in [4.78, 5) is 0. The van der Waals surface area contributed by atoms with E-state index in [-0.39, 0.29) is 0 Å². The zero-order valence-electron chi connectivity index (χ0n) is 21.1. The summed E-state index contributed by atoms with van der Waals surface area (Å²) in [5.74, 6) is 1.60. The highest BCUT2D eigenvalue weighted by molar-refractivity contribution is 5.75. The Hall–Kier alpha value is -3.19. The number of rotatable bonds is 7. The van der Waals surface area contributed by atoms with Crippen LogP contribution < -0.4 is 20.9 Å². The minimum Gasteiger partial charge on any atom is -0.313 e. The number of nitrogens with one attached hydrogen (secondary N) is 1. The molecule has 2 aromatic carbocycles. The van der Waals surface area contributed by atoms with Gasteiger partial charge >= 0.3 is 0 Å². The first-order chi connectivity index (χ1) is 17.1. The molecule has 0 fully saturated rings. The Bertz CT molecular complexity index is 1450. The maximum atomic E-state index is 7.56. The Morgan fingerprint density at radius 1 is 0.857 bits per heavy atom. The highest BCUT2D eigenvalue weighted by Crippen LogP contribution is 2.32. The van der Waals surface area contributed by atoms with Crippen molar-refractivity contribution in [1.82, 2.24) is 0 Å². The summed E-state index contributed by atoms with van der Waals surface area (Å²) in [6.07, 6.45) is 22.4. The molecule has 0 spiro atoms. The van der Waals surface area contributed by atoms with E-state index in [2.05, 4.69) is 98.8 Å². The van der Waals surface area contributed by atoms with Gasteiger partial charge in [0, 0.05) is 6.42 Å². The SMILES string of the molecule is CC(/C=C\C(C)C1C=c2ccccc2=CC1)C1=CC=C(C2=c3ccccc3=C(CC=N)CC2)CC1. The Balaban J connectivity index is 1.32. The number of fused-ring (bicyclic) bond motifs is 2. The van der Waals surface area contributed by atoms with Gasteiger partial charge < -0.3 is 5.41 Å². The van der Waals surface area contributed by atoms with Gasteiger partial charge in [0.25, 0.3) is 0 Å². The molecule has 0 aromatic heterocycles. The average Bonchev–Trinajstić information content (AvgIpc) is 2.91. The van der Waals surface area contributed by atoms with E-state index in [4.69, 9.17) is 5.41 Å². The van der Waals surface area contributed by atoms with Gasteiger partial charge in [-0.05, 0) is 88.1 Å². The van der Waals surface area contributed by atoms with Crippen molar-refractivity contribution in [1.29, 1.82) is 5.41 Å². The minimum absolute atomic E-state index is 0.478. The van der Waals surface area contributed by atoms with Crippen LogP contribution in [0.1, 0.15) is 52.4 Å². The summed E-state index contributed by atoms with van der Waals surface area (Å²) in [6.45, 7) is 4.71. The molecule has 0 saturated carbocycles. The summed E-state index contributed by atoms with van der Waals surface area (Å²) in [7, 11) is 0. The van der Waals surface area contributed by atoms with E-state index in [1.807, 2.05) is 0 Å². The van der Waals surface area contributed by atoms with Crippen LogP contribution in [0.15, 0.2) is 84.0 Å². The van der Waals surface area contributed by atoms with Gasteiger partial charge in [-0.15, -0.1) is 0 Å². The van der Waals surface area contributed by atoms with Gasteiger partial charge in [0.2, 0.25) is 0 Å². The molecule has 3 atom stereocenters. The third-order valence-electron chi connectivity index (χ3n) is 8.19. The minimum atomic E-state index is 0.478. The Morgan fingerprint density at radius 2 is 1.63 bits per heavy atom. The van der Waals surface area contributed by atoms with E-state index in [1.54, 1.807) is 11.8 Å². The molecule has 0 bridgehead atoms. The standard InChI is InChI=1S/C34H37N/c1-24(11-12-25(2)30-18-15-27-7-3-4-8-31(27)23-30)26-13-16-28(17-14-26)33-20-19-29(21-22-35)32-9-5-6-10-34(32)33/h3-13,15-16,22-25,30,35H,14,17-21H2,1-2H3/b12-11-,35-22?. The topological polar surface area (TPSA) is 23.9 Å². The van der Waals surface area contributed by atoms with Crippen LogP contribution in [0.4, 0.5) is 0 Å². The maximum absolute atomic E-state index is 7.56. The fourth-order valence-electron chi connectivity index (χ4n) is 5.94. The van der Waals surface area contributed by atoms with E-state index in [1.165, 1.54) is 37.6 Å². The molecule has 5 rings (SSSR count). The maximum Gasteiger partial charge on any atom is 0.00395 e. The summed E-state index contributed by atoms with van der Waals surface area (Å²) in [5, 5.41) is 13.1. The molecule has 0 heterocycles. The van der Waals surface area contributed by atoms with Gasteiger partial charge in [0.1, 0.15) is 0 Å². The van der Waals surface area contributed by atoms with Crippen molar-refractivity contribution < 1.29 is 0 Å². The molecule has 0 radical (unpaired) electrons.